The van der Waals surface area contributed by atoms with Crippen molar-refractivity contribution in [2.75, 3.05) is 7.11 Å². The zero-order valence-corrected chi connectivity index (χ0v) is 19.0. The fourth-order valence-corrected chi connectivity index (χ4v) is 3.68. The highest BCUT2D eigenvalue weighted by Crippen LogP contribution is 2.45. The van der Waals surface area contributed by atoms with Crippen LogP contribution in [0.25, 0.3) is 0 Å². The highest BCUT2D eigenvalue weighted by Gasteiger charge is 2.33. The summed E-state index contributed by atoms with van der Waals surface area (Å²) in [5.41, 5.74) is 2.31. The number of Topliss-reactive ketones (excluding diaryl/α,β-unsaturated/α-hetero) is 2. The summed E-state index contributed by atoms with van der Waals surface area (Å²) in [4.78, 5) is 24.6. The van der Waals surface area contributed by atoms with Crippen LogP contribution in [-0.4, -0.2) is 34.0 Å². The number of methoxy groups -OCH3 is 1. The lowest BCUT2D eigenvalue weighted by atomic mass is 9.92. The molecule has 1 unspecified atom stereocenters. The summed E-state index contributed by atoms with van der Waals surface area (Å²) in [6.45, 7) is 7.18. The Kier molecular flexibility index (Phi) is 7.11. The minimum absolute atomic E-state index is 0.00854. The molecule has 0 saturated heterocycles. The molecule has 0 fully saturated rings. The number of benzene rings is 2. The molecule has 2 aromatic rings. The Morgan fingerprint density at radius 3 is 2.58 bits per heavy atom. The van der Waals surface area contributed by atoms with Crippen LogP contribution < -0.4 is 9.47 Å². The molecule has 0 amide bonds. The predicted octanol–water partition coefficient (Wildman–Crippen LogP) is 4.93. The number of phenolic OH excluding ortho intramolecular Hbond substituents is 3. The van der Waals surface area contributed by atoms with Gasteiger partial charge in [0.1, 0.15) is 28.9 Å². The van der Waals surface area contributed by atoms with Crippen LogP contribution in [0.2, 0.25) is 0 Å². The maximum atomic E-state index is 12.9. The third-order valence-corrected chi connectivity index (χ3v) is 5.72. The quantitative estimate of drug-likeness (QED) is 0.384. The fraction of sp³-hybridized carbons (Fsp3) is 0.308. The summed E-state index contributed by atoms with van der Waals surface area (Å²) in [5.74, 6) is -0.511. The molecule has 7 nitrogen and oxygen atoms in total. The van der Waals surface area contributed by atoms with E-state index in [0.29, 0.717) is 24.0 Å². The molecule has 0 spiro atoms. The molecule has 0 saturated carbocycles. The minimum atomic E-state index is -0.655. The summed E-state index contributed by atoms with van der Waals surface area (Å²) in [7, 11) is 1.42. The molecule has 1 aliphatic heterocycles. The van der Waals surface area contributed by atoms with Crippen LogP contribution in [0.15, 0.2) is 48.1 Å². The van der Waals surface area contributed by atoms with Crippen LogP contribution in [0, 0.1) is 0 Å². The smallest absolute Gasteiger partial charge is 0.174 e. The van der Waals surface area contributed by atoms with Crippen molar-refractivity contribution < 1.29 is 34.4 Å². The number of rotatable bonds is 8. The second kappa shape index (κ2) is 9.81. The van der Waals surface area contributed by atoms with E-state index in [1.165, 1.54) is 19.2 Å². The van der Waals surface area contributed by atoms with E-state index >= 15 is 0 Å². The van der Waals surface area contributed by atoms with E-state index in [2.05, 4.69) is 6.58 Å². The Labute approximate surface area is 192 Å². The number of ether oxygens (including phenoxy) is 2. The zero-order chi connectivity index (χ0) is 24.3. The molecule has 174 valence electrons. The Morgan fingerprint density at radius 2 is 1.91 bits per heavy atom. The highest BCUT2D eigenvalue weighted by atomic mass is 16.5. The number of aromatic hydroxyl groups is 3. The minimum Gasteiger partial charge on any atom is -0.507 e. The third-order valence-electron chi connectivity index (χ3n) is 5.72. The van der Waals surface area contributed by atoms with Gasteiger partial charge in [0.25, 0.3) is 0 Å². The molecule has 0 aliphatic carbocycles. The maximum Gasteiger partial charge on any atom is 0.174 e. The molecule has 1 atom stereocenters. The van der Waals surface area contributed by atoms with Crippen LogP contribution in [0.3, 0.4) is 0 Å². The van der Waals surface area contributed by atoms with E-state index in [-0.39, 0.29) is 64.3 Å². The van der Waals surface area contributed by atoms with E-state index in [1.54, 1.807) is 19.1 Å². The number of carbonyl (C=O) groups is 2. The van der Waals surface area contributed by atoms with Gasteiger partial charge in [-0.25, -0.2) is 0 Å². The van der Waals surface area contributed by atoms with Gasteiger partial charge in [0.15, 0.2) is 23.1 Å². The topological polar surface area (TPSA) is 113 Å². The van der Waals surface area contributed by atoms with E-state index in [9.17, 15) is 24.9 Å². The number of hydrogen-bond acceptors (Lipinski definition) is 7. The highest BCUT2D eigenvalue weighted by molar-refractivity contribution is 6.03. The molecule has 3 rings (SSSR count). The molecule has 2 aromatic carbocycles. The van der Waals surface area contributed by atoms with Crippen molar-refractivity contribution in [2.24, 2.45) is 0 Å². The normalized spacial score (nSPS) is 15.5. The van der Waals surface area contributed by atoms with Crippen molar-refractivity contribution in [2.45, 2.75) is 45.6 Å². The second-order valence-electron chi connectivity index (χ2n) is 8.22. The first-order chi connectivity index (χ1) is 15.6. The lowest BCUT2D eigenvalue weighted by Crippen LogP contribution is -2.21. The molecule has 0 bridgehead atoms. The summed E-state index contributed by atoms with van der Waals surface area (Å²) >= 11 is 0. The fourth-order valence-electron chi connectivity index (χ4n) is 3.68. The monoisotopic (exact) mass is 452 g/mol. The molecule has 0 radical (unpaired) electrons. The first kappa shape index (κ1) is 23.9. The van der Waals surface area contributed by atoms with Crippen molar-refractivity contribution >= 4 is 11.6 Å². The van der Waals surface area contributed by atoms with E-state index in [1.807, 2.05) is 13.0 Å². The van der Waals surface area contributed by atoms with Gasteiger partial charge in [0, 0.05) is 18.1 Å². The molecule has 33 heavy (non-hydrogen) atoms. The molecular formula is C26H28O7. The van der Waals surface area contributed by atoms with Gasteiger partial charge in [-0.1, -0.05) is 24.3 Å². The van der Waals surface area contributed by atoms with Gasteiger partial charge in [0.05, 0.1) is 13.5 Å². The van der Waals surface area contributed by atoms with Crippen LogP contribution in [0.1, 0.15) is 60.7 Å². The van der Waals surface area contributed by atoms with Crippen LogP contribution >= 0.6 is 0 Å². The van der Waals surface area contributed by atoms with Crippen LogP contribution in [-0.2, 0) is 11.2 Å². The number of ketones is 2. The van der Waals surface area contributed by atoms with Gasteiger partial charge in [-0.2, -0.15) is 0 Å². The van der Waals surface area contributed by atoms with Gasteiger partial charge >= 0.3 is 0 Å². The molecule has 1 aliphatic rings. The molecule has 7 heteroatoms. The predicted molar refractivity (Wildman–Crippen MR) is 123 cm³/mol. The van der Waals surface area contributed by atoms with Gasteiger partial charge < -0.3 is 24.8 Å². The average Bonchev–Trinajstić information content (AvgIpc) is 2.76. The molecule has 3 N–H and O–H groups in total. The lowest BCUT2D eigenvalue weighted by molar-refractivity contribution is -0.115. The third kappa shape index (κ3) is 5.19. The average molecular weight is 453 g/mol. The van der Waals surface area contributed by atoms with E-state index in [0.717, 1.165) is 5.57 Å². The second-order valence-corrected chi connectivity index (χ2v) is 8.22. The van der Waals surface area contributed by atoms with Crippen molar-refractivity contribution in [3.63, 3.8) is 0 Å². The molecule has 0 aromatic heterocycles. The number of carbonyl (C=O) groups excluding carboxylic acids is 2. The summed E-state index contributed by atoms with van der Waals surface area (Å²) in [6.07, 6.45) is 2.22. The summed E-state index contributed by atoms with van der Waals surface area (Å²) in [5, 5.41) is 31.1. The van der Waals surface area contributed by atoms with Crippen molar-refractivity contribution in [1.82, 2.24) is 0 Å². The van der Waals surface area contributed by atoms with Crippen molar-refractivity contribution in [3.05, 3.63) is 64.8 Å². The van der Waals surface area contributed by atoms with E-state index < -0.39 is 6.10 Å². The number of fused-ring (bicyclic) bond motifs is 1. The Bertz CT molecular complexity index is 1140. The van der Waals surface area contributed by atoms with Gasteiger partial charge in [-0.15, -0.1) is 0 Å². The van der Waals surface area contributed by atoms with Crippen LogP contribution in [0.5, 0.6) is 28.7 Å². The first-order valence-corrected chi connectivity index (χ1v) is 10.6. The van der Waals surface area contributed by atoms with E-state index in [4.69, 9.17) is 9.47 Å². The maximum absolute atomic E-state index is 12.9. The Hall–Kier alpha value is -3.74. The first-order valence-electron chi connectivity index (χ1n) is 10.6. The Morgan fingerprint density at radius 1 is 1.18 bits per heavy atom. The largest absolute Gasteiger partial charge is 0.507 e. The summed E-state index contributed by atoms with van der Waals surface area (Å²) in [6, 6.07) is 5.99. The van der Waals surface area contributed by atoms with Gasteiger partial charge in [-0.3, -0.25) is 9.59 Å². The van der Waals surface area contributed by atoms with Crippen LogP contribution in [0.4, 0.5) is 0 Å². The SMILES string of the molecule is C=C(C)C(=O)CCC(C)=CCc1c(O)cc2c(c1O)C(=O)CC(c1ccc(O)c(OC)c1)O2. The number of phenols is 3. The standard InChI is InChI=1S/C26H28O7/c1-14(2)18(27)9-6-15(3)5-8-17-20(29)12-24-25(26(17)31)21(30)13-22(33-24)16-7-10-19(28)23(11-16)32-4/h5,7,10-12,22,28-29,31H,1,6,8-9,13H2,2-4H3. The number of allylic oxidation sites excluding steroid dienone is 3. The van der Waals surface area contributed by atoms with Gasteiger partial charge in [0.2, 0.25) is 0 Å². The Balaban J connectivity index is 1.83. The van der Waals surface area contributed by atoms with Crippen molar-refractivity contribution in [1.29, 1.82) is 0 Å². The summed E-state index contributed by atoms with van der Waals surface area (Å²) < 4.78 is 11.0. The molecule has 1 heterocycles. The number of hydrogen-bond donors (Lipinski definition) is 3. The van der Waals surface area contributed by atoms with Crippen molar-refractivity contribution in [3.8, 4) is 28.7 Å². The zero-order valence-electron chi connectivity index (χ0n) is 19.0. The lowest BCUT2D eigenvalue weighted by Gasteiger charge is -2.27. The van der Waals surface area contributed by atoms with Gasteiger partial charge in [-0.05, 0) is 50.0 Å². The molecular weight excluding hydrogens is 424 g/mol.